The van der Waals surface area contributed by atoms with Crippen LogP contribution in [0.1, 0.15) is 43.5 Å². The first-order valence-electron chi connectivity index (χ1n) is 7.28. The van der Waals surface area contributed by atoms with Gasteiger partial charge < -0.3 is 10.6 Å². The molecule has 0 saturated heterocycles. The maximum Gasteiger partial charge on any atom is 0.256 e. The van der Waals surface area contributed by atoms with Crippen LogP contribution in [0.4, 0.5) is 19.0 Å². The number of terminal acetylenes is 1. The summed E-state index contributed by atoms with van der Waals surface area (Å²) < 4.78 is 39.2. The molecule has 2 rings (SSSR count). The molecule has 0 bridgehead atoms. The zero-order valence-electron chi connectivity index (χ0n) is 12.9. The summed E-state index contributed by atoms with van der Waals surface area (Å²) in [6, 6.07) is 0.508. The van der Waals surface area contributed by atoms with Gasteiger partial charge in [-0.25, -0.2) is 18.2 Å². The van der Waals surface area contributed by atoms with Crippen molar-refractivity contribution in [3.05, 3.63) is 23.6 Å². The maximum absolute atomic E-state index is 13.4. The molecule has 0 spiro atoms. The Kier molecular flexibility index (Phi) is 4.55. The summed E-state index contributed by atoms with van der Waals surface area (Å²) in [4.78, 5) is 16.2. The van der Waals surface area contributed by atoms with E-state index in [-0.39, 0.29) is 24.2 Å². The lowest BCUT2D eigenvalue weighted by atomic mass is 9.88. The molecule has 0 aromatic carbocycles. The van der Waals surface area contributed by atoms with Gasteiger partial charge in [0.1, 0.15) is 11.6 Å². The fourth-order valence-electron chi connectivity index (χ4n) is 2.23. The van der Waals surface area contributed by atoms with Crippen LogP contribution < -0.4 is 10.6 Å². The molecule has 1 saturated carbocycles. The molecule has 1 aliphatic carbocycles. The minimum absolute atomic E-state index is 0.0601. The van der Waals surface area contributed by atoms with Gasteiger partial charge in [-0.2, -0.15) is 0 Å². The molecule has 4 nitrogen and oxygen atoms in total. The molecular formula is C16H18F3N3O. The zero-order chi connectivity index (χ0) is 17.3. The van der Waals surface area contributed by atoms with Crippen LogP contribution in [0.2, 0.25) is 0 Å². The summed E-state index contributed by atoms with van der Waals surface area (Å²) in [5.41, 5.74) is -0.945. The number of pyridine rings is 1. The van der Waals surface area contributed by atoms with Crippen molar-refractivity contribution in [2.24, 2.45) is 0 Å². The first kappa shape index (κ1) is 17.1. The predicted molar refractivity (Wildman–Crippen MR) is 80.8 cm³/mol. The number of aromatic nitrogens is 1. The average molecular weight is 325 g/mol. The second-order valence-corrected chi connectivity index (χ2v) is 5.94. The molecule has 0 unspecified atom stereocenters. The largest absolute Gasteiger partial charge is 0.366 e. The average Bonchev–Trinajstić information content (AvgIpc) is 2.46. The SMILES string of the molecule is C#C[C@@](C)(CC)NC(=O)c1cc(F)cnc1NC1CC(F)(F)C1. The molecule has 1 aromatic rings. The summed E-state index contributed by atoms with van der Waals surface area (Å²) in [5, 5.41) is 5.39. The third-order valence-electron chi connectivity index (χ3n) is 3.94. The van der Waals surface area contributed by atoms with E-state index in [4.69, 9.17) is 6.42 Å². The number of halogens is 3. The van der Waals surface area contributed by atoms with Crippen LogP contribution in [-0.2, 0) is 0 Å². The van der Waals surface area contributed by atoms with Crippen LogP contribution in [-0.4, -0.2) is 28.4 Å². The Hall–Kier alpha value is -2.23. The molecule has 0 aliphatic heterocycles. The van der Waals surface area contributed by atoms with Crippen molar-refractivity contribution in [3.63, 3.8) is 0 Å². The molecule has 2 N–H and O–H groups in total. The lowest BCUT2D eigenvalue weighted by Gasteiger charge is -2.36. The van der Waals surface area contributed by atoms with Crippen molar-refractivity contribution in [2.75, 3.05) is 5.32 Å². The van der Waals surface area contributed by atoms with Gasteiger partial charge in [0.15, 0.2) is 0 Å². The quantitative estimate of drug-likeness (QED) is 0.819. The van der Waals surface area contributed by atoms with Crippen molar-refractivity contribution in [1.29, 1.82) is 0 Å². The van der Waals surface area contributed by atoms with Gasteiger partial charge in [-0.15, -0.1) is 6.42 Å². The second-order valence-electron chi connectivity index (χ2n) is 5.94. The van der Waals surface area contributed by atoms with E-state index in [0.717, 1.165) is 12.3 Å². The molecule has 1 amide bonds. The summed E-state index contributed by atoms with van der Waals surface area (Å²) in [5.74, 6) is -1.46. The van der Waals surface area contributed by atoms with Gasteiger partial charge in [0, 0.05) is 18.9 Å². The molecule has 1 aliphatic rings. The van der Waals surface area contributed by atoms with E-state index >= 15 is 0 Å². The van der Waals surface area contributed by atoms with E-state index in [9.17, 15) is 18.0 Å². The molecule has 1 aromatic heterocycles. The number of carbonyl (C=O) groups excluding carboxylic acids is 1. The Morgan fingerprint density at radius 1 is 1.57 bits per heavy atom. The minimum atomic E-state index is -2.70. The molecular weight excluding hydrogens is 307 g/mol. The van der Waals surface area contributed by atoms with Gasteiger partial charge in [0.2, 0.25) is 0 Å². The number of nitrogens with one attached hydrogen (secondary N) is 2. The van der Waals surface area contributed by atoms with E-state index < -0.39 is 29.2 Å². The van der Waals surface area contributed by atoms with Gasteiger partial charge in [0.25, 0.3) is 11.8 Å². The van der Waals surface area contributed by atoms with Crippen molar-refractivity contribution in [3.8, 4) is 12.3 Å². The van der Waals surface area contributed by atoms with Crippen LogP contribution in [0.3, 0.4) is 0 Å². The first-order valence-corrected chi connectivity index (χ1v) is 7.28. The van der Waals surface area contributed by atoms with Gasteiger partial charge >= 0.3 is 0 Å². The third-order valence-corrected chi connectivity index (χ3v) is 3.94. The van der Waals surface area contributed by atoms with Gasteiger partial charge in [-0.1, -0.05) is 12.8 Å². The van der Waals surface area contributed by atoms with Gasteiger partial charge in [0.05, 0.1) is 17.3 Å². The molecule has 1 fully saturated rings. The normalized spacial score (nSPS) is 19.1. The Balaban J connectivity index is 2.19. The number of hydrogen-bond acceptors (Lipinski definition) is 3. The molecule has 124 valence electrons. The highest BCUT2D eigenvalue weighted by molar-refractivity contribution is 5.99. The number of nitrogens with zero attached hydrogens (tertiary/aromatic N) is 1. The smallest absolute Gasteiger partial charge is 0.256 e. The number of carbonyl (C=O) groups is 1. The van der Waals surface area contributed by atoms with Crippen LogP contribution in [0, 0.1) is 18.2 Å². The second kappa shape index (κ2) is 6.11. The lowest BCUT2D eigenvalue weighted by molar-refractivity contribution is -0.0794. The predicted octanol–water partition coefficient (Wildman–Crippen LogP) is 2.96. The number of hydrogen-bond donors (Lipinski definition) is 2. The first-order chi connectivity index (χ1) is 10.7. The number of amides is 1. The van der Waals surface area contributed by atoms with Crippen molar-refractivity contribution < 1.29 is 18.0 Å². The Labute approximate surface area is 132 Å². The van der Waals surface area contributed by atoms with Crippen LogP contribution >= 0.6 is 0 Å². The summed E-state index contributed by atoms with van der Waals surface area (Å²) in [7, 11) is 0. The molecule has 1 heterocycles. The highest BCUT2D eigenvalue weighted by Gasteiger charge is 2.45. The highest BCUT2D eigenvalue weighted by atomic mass is 19.3. The van der Waals surface area contributed by atoms with Crippen molar-refractivity contribution in [2.45, 2.75) is 50.6 Å². The van der Waals surface area contributed by atoms with Crippen LogP contribution in [0.25, 0.3) is 0 Å². The summed E-state index contributed by atoms with van der Waals surface area (Å²) in [6.07, 6.45) is 6.12. The van der Waals surface area contributed by atoms with Gasteiger partial charge in [-0.05, 0) is 19.4 Å². The van der Waals surface area contributed by atoms with Crippen LogP contribution in [0.5, 0.6) is 0 Å². The van der Waals surface area contributed by atoms with E-state index in [2.05, 4.69) is 21.5 Å². The lowest BCUT2D eigenvalue weighted by Crippen LogP contribution is -2.46. The van der Waals surface area contributed by atoms with Crippen molar-refractivity contribution in [1.82, 2.24) is 10.3 Å². The monoisotopic (exact) mass is 325 g/mol. The fraction of sp³-hybridized carbons (Fsp3) is 0.500. The number of anilines is 1. The zero-order valence-corrected chi connectivity index (χ0v) is 12.9. The van der Waals surface area contributed by atoms with E-state index in [1.807, 2.05) is 0 Å². The minimum Gasteiger partial charge on any atom is -0.366 e. The molecule has 7 heteroatoms. The van der Waals surface area contributed by atoms with E-state index in [1.54, 1.807) is 13.8 Å². The maximum atomic E-state index is 13.4. The van der Waals surface area contributed by atoms with Gasteiger partial charge in [-0.3, -0.25) is 4.79 Å². The Morgan fingerprint density at radius 3 is 2.74 bits per heavy atom. The van der Waals surface area contributed by atoms with E-state index in [1.165, 1.54) is 0 Å². The van der Waals surface area contributed by atoms with E-state index in [0.29, 0.717) is 6.42 Å². The standard InChI is InChI=1S/C16H18F3N3O/c1-4-15(3,5-2)22-14(23)12-6-10(17)9-20-13(12)21-11-7-16(18,19)8-11/h1,6,9,11H,5,7-8H2,2-3H3,(H,20,21)(H,22,23)/t15-/m0/s1. The molecule has 1 atom stereocenters. The number of alkyl halides is 2. The highest BCUT2D eigenvalue weighted by Crippen LogP contribution is 2.39. The topological polar surface area (TPSA) is 54.0 Å². The Morgan fingerprint density at radius 2 is 2.22 bits per heavy atom. The third kappa shape index (κ3) is 3.95. The summed E-state index contributed by atoms with van der Waals surface area (Å²) in [6.45, 7) is 3.47. The molecule has 23 heavy (non-hydrogen) atoms. The summed E-state index contributed by atoms with van der Waals surface area (Å²) >= 11 is 0. The fourth-order valence-corrected chi connectivity index (χ4v) is 2.23. The van der Waals surface area contributed by atoms with Crippen molar-refractivity contribution >= 4 is 11.7 Å². The Bertz CT molecular complexity index is 648. The van der Waals surface area contributed by atoms with Crippen LogP contribution in [0.15, 0.2) is 12.3 Å². The molecule has 0 radical (unpaired) electrons. The number of rotatable bonds is 5.